The number of nitrogens with zero attached hydrogens (tertiary/aromatic N) is 1. The van der Waals surface area contributed by atoms with Crippen LogP contribution in [0.25, 0.3) is 10.8 Å². The van der Waals surface area contributed by atoms with E-state index in [2.05, 4.69) is 10.3 Å². The molecule has 106 valence electrons. The Morgan fingerprint density at radius 3 is 2.62 bits per heavy atom. The van der Waals surface area contributed by atoms with Gasteiger partial charge in [0.2, 0.25) is 0 Å². The van der Waals surface area contributed by atoms with Gasteiger partial charge in [-0.1, -0.05) is 47.5 Å². The highest BCUT2D eigenvalue weighted by Gasteiger charge is 2.12. The largest absolute Gasteiger partial charge is 0.347 e. The van der Waals surface area contributed by atoms with Crippen molar-refractivity contribution < 1.29 is 4.79 Å². The third-order valence-corrected chi connectivity index (χ3v) is 4.58. The molecule has 0 atom stereocenters. The molecule has 1 amide bonds. The molecule has 1 aromatic carbocycles. The van der Waals surface area contributed by atoms with E-state index in [4.69, 9.17) is 23.2 Å². The van der Waals surface area contributed by atoms with Gasteiger partial charge in [-0.25, -0.2) is 4.98 Å². The summed E-state index contributed by atoms with van der Waals surface area (Å²) in [5.41, 5.74) is 0.512. The van der Waals surface area contributed by atoms with E-state index in [1.165, 1.54) is 17.5 Å². The van der Waals surface area contributed by atoms with Gasteiger partial charge in [-0.2, -0.15) is 0 Å². The number of amides is 1. The van der Waals surface area contributed by atoms with Crippen molar-refractivity contribution in [1.82, 2.24) is 10.3 Å². The number of rotatable bonds is 3. The average Bonchev–Trinajstić information content (AvgIpc) is 2.91. The number of pyridine rings is 1. The molecule has 0 fully saturated rings. The Labute approximate surface area is 135 Å². The predicted molar refractivity (Wildman–Crippen MR) is 87.3 cm³/mol. The Morgan fingerprint density at radius 2 is 1.90 bits per heavy atom. The van der Waals surface area contributed by atoms with Crippen LogP contribution in [0.5, 0.6) is 0 Å². The molecule has 3 nitrogen and oxygen atoms in total. The van der Waals surface area contributed by atoms with E-state index in [0.717, 1.165) is 15.6 Å². The minimum absolute atomic E-state index is 0.181. The van der Waals surface area contributed by atoms with Gasteiger partial charge >= 0.3 is 0 Å². The average molecular weight is 337 g/mol. The molecule has 0 bridgehead atoms. The second-order valence-corrected chi connectivity index (χ2v) is 6.55. The van der Waals surface area contributed by atoms with Crippen molar-refractivity contribution in [3.63, 3.8) is 0 Å². The van der Waals surface area contributed by atoms with Crippen molar-refractivity contribution in [3.8, 4) is 0 Å². The van der Waals surface area contributed by atoms with Crippen LogP contribution in [0.2, 0.25) is 9.49 Å². The van der Waals surface area contributed by atoms with Crippen LogP contribution >= 0.6 is 34.5 Å². The number of hydrogen-bond donors (Lipinski definition) is 1. The van der Waals surface area contributed by atoms with Gasteiger partial charge in [-0.05, 0) is 17.5 Å². The zero-order valence-electron chi connectivity index (χ0n) is 10.8. The van der Waals surface area contributed by atoms with E-state index < -0.39 is 0 Å². The normalized spacial score (nSPS) is 10.8. The molecule has 6 heteroatoms. The first-order valence-electron chi connectivity index (χ1n) is 6.21. The fraction of sp³-hybridized carbons (Fsp3) is 0.0667. The summed E-state index contributed by atoms with van der Waals surface area (Å²) in [6, 6.07) is 11.2. The van der Waals surface area contributed by atoms with Crippen LogP contribution in [0.4, 0.5) is 0 Å². The molecule has 3 aromatic rings. The summed E-state index contributed by atoms with van der Waals surface area (Å²) in [4.78, 5) is 17.4. The predicted octanol–water partition coefficient (Wildman–Crippen LogP) is 4.53. The van der Waals surface area contributed by atoms with Gasteiger partial charge in [-0.3, -0.25) is 4.79 Å². The van der Waals surface area contributed by atoms with Crippen LogP contribution in [-0.4, -0.2) is 10.9 Å². The molecule has 21 heavy (non-hydrogen) atoms. The summed E-state index contributed by atoms with van der Waals surface area (Å²) in [6.07, 6.45) is 1.50. The summed E-state index contributed by atoms with van der Waals surface area (Å²) < 4.78 is 0.706. The van der Waals surface area contributed by atoms with Crippen LogP contribution in [-0.2, 0) is 6.54 Å². The maximum Gasteiger partial charge on any atom is 0.253 e. The van der Waals surface area contributed by atoms with E-state index in [1.807, 2.05) is 36.4 Å². The molecule has 0 aliphatic rings. The maximum absolute atomic E-state index is 12.3. The summed E-state index contributed by atoms with van der Waals surface area (Å²) >= 11 is 13.4. The van der Waals surface area contributed by atoms with E-state index >= 15 is 0 Å². The summed E-state index contributed by atoms with van der Waals surface area (Å²) in [6.45, 7) is 0.438. The number of nitrogens with one attached hydrogen (secondary N) is 1. The molecule has 1 N–H and O–H groups in total. The zero-order chi connectivity index (χ0) is 14.8. The van der Waals surface area contributed by atoms with Crippen molar-refractivity contribution in [2.45, 2.75) is 6.54 Å². The summed E-state index contributed by atoms with van der Waals surface area (Å²) in [5.74, 6) is -0.181. The molecule has 0 spiro atoms. The SMILES string of the molecule is O=C(NCc1ccc(Cl)s1)c1cnc(Cl)c2ccccc12. The number of thiophene rings is 1. The van der Waals surface area contributed by atoms with E-state index in [1.54, 1.807) is 0 Å². The number of benzene rings is 1. The van der Waals surface area contributed by atoms with Gasteiger partial charge in [0, 0.05) is 16.5 Å². The monoisotopic (exact) mass is 336 g/mol. The highest BCUT2D eigenvalue weighted by atomic mass is 35.5. The third-order valence-electron chi connectivity index (χ3n) is 3.04. The lowest BCUT2D eigenvalue weighted by atomic mass is 10.1. The lowest BCUT2D eigenvalue weighted by Crippen LogP contribution is -2.22. The molecule has 2 heterocycles. The quantitative estimate of drug-likeness (QED) is 0.713. The topological polar surface area (TPSA) is 42.0 Å². The highest BCUT2D eigenvalue weighted by molar-refractivity contribution is 7.16. The van der Waals surface area contributed by atoms with Gasteiger partial charge in [0.25, 0.3) is 5.91 Å². The fourth-order valence-corrected chi connectivity index (χ4v) is 3.29. The third kappa shape index (κ3) is 3.02. The smallest absolute Gasteiger partial charge is 0.253 e. The van der Waals surface area contributed by atoms with E-state index in [0.29, 0.717) is 21.6 Å². The number of hydrogen-bond acceptors (Lipinski definition) is 3. The van der Waals surface area contributed by atoms with Gasteiger partial charge in [-0.15, -0.1) is 11.3 Å². The number of halogens is 2. The molecule has 0 radical (unpaired) electrons. The van der Waals surface area contributed by atoms with Crippen molar-refractivity contribution in [2.24, 2.45) is 0 Å². The molecule has 3 rings (SSSR count). The van der Waals surface area contributed by atoms with Crippen molar-refractivity contribution in [1.29, 1.82) is 0 Å². The van der Waals surface area contributed by atoms with E-state index in [9.17, 15) is 4.79 Å². The van der Waals surface area contributed by atoms with Gasteiger partial charge in [0.1, 0.15) is 5.15 Å². The lowest BCUT2D eigenvalue weighted by molar-refractivity contribution is 0.0952. The van der Waals surface area contributed by atoms with Crippen LogP contribution in [0, 0.1) is 0 Å². The maximum atomic E-state index is 12.3. The van der Waals surface area contributed by atoms with Crippen molar-refractivity contribution >= 4 is 51.2 Å². The standard InChI is InChI=1S/C15H10Cl2N2OS/c16-13-6-5-9(21-13)7-19-15(20)12-8-18-14(17)11-4-2-1-3-10(11)12/h1-6,8H,7H2,(H,19,20). The molecule has 0 saturated heterocycles. The van der Waals surface area contributed by atoms with Crippen LogP contribution in [0.15, 0.2) is 42.6 Å². The minimum Gasteiger partial charge on any atom is -0.347 e. The number of fused-ring (bicyclic) bond motifs is 1. The number of aromatic nitrogens is 1. The molecule has 0 unspecified atom stereocenters. The molecular formula is C15H10Cl2N2OS. The first kappa shape index (κ1) is 14.3. The molecular weight excluding hydrogens is 327 g/mol. The molecule has 0 saturated carbocycles. The first-order valence-corrected chi connectivity index (χ1v) is 7.78. The minimum atomic E-state index is -0.181. The van der Waals surface area contributed by atoms with Gasteiger partial charge < -0.3 is 5.32 Å². The number of carbonyl (C=O) groups is 1. The molecule has 2 aromatic heterocycles. The second kappa shape index (κ2) is 6.02. The second-order valence-electron chi connectivity index (χ2n) is 4.40. The Morgan fingerprint density at radius 1 is 1.14 bits per heavy atom. The van der Waals surface area contributed by atoms with Crippen LogP contribution in [0.1, 0.15) is 15.2 Å². The summed E-state index contributed by atoms with van der Waals surface area (Å²) in [5, 5.41) is 4.83. The van der Waals surface area contributed by atoms with Crippen LogP contribution in [0.3, 0.4) is 0 Å². The first-order chi connectivity index (χ1) is 10.1. The van der Waals surface area contributed by atoms with Crippen molar-refractivity contribution in [2.75, 3.05) is 0 Å². The molecule has 0 aliphatic heterocycles. The zero-order valence-corrected chi connectivity index (χ0v) is 13.1. The van der Waals surface area contributed by atoms with Crippen molar-refractivity contribution in [3.05, 3.63) is 62.5 Å². The fourth-order valence-electron chi connectivity index (χ4n) is 2.05. The van der Waals surface area contributed by atoms with Gasteiger partial charge in [0.05, 0.1) is 16.4 Å². The van der Waals surface area contributed by atoms with Gasteiger partial charge in [0.15, 0.2) is 0 Å². The van der Waals surface area contributed by atoms with E-state index in [-0.39, 0.29) is 5.91 Å². The van der Waals surface area contributed by atoms with Crippen LogP contribution < -0.4 is 5.32 Å². The Bertz CT molecular complexity index is 816. The lowest BCUT2D eigenvalue weighted by Gasteiger charge is -2.07. The Balaban J connectivity index is 1.86. The number of carbonyl (C=O) groups excluding carboxylic acids is 1. The highest BCUT2D eigenvalue weighted by Crippen LogP contribution is 2.24. The summed E-state index contributed by atoms with van der Waals surface area (Å²) in [7, 11) is 0. The Kier molecular flexibility index (Phi) is 4.10. The Hall–Kier alpha value is -1.62. The molecule has 0 aliphatic carbocycles.